The van der Waals surface area contributed by atoms with Gasteiger partial charge in [0.05, 0.1) is 17.0 Å². The summed E-state index contributed by atoms with van der Waals surface area (Å²) in [5.74, 6) is -0.425. The third kappa shape index (κ3) is 2.61. The van der Waals surface area contributed by atoms with E-state index in [0.29, 0.717) is 11.3 Å². The molecule has 4 nitrogen and oxygen atoms in total. The van der Waals surface area contributed by atoms with Gasteiger partial charge in [0.1, 0.15) is 0 Å². The predicted octanol–water partition coefficient (Wildman–Crippen LogP) is 3.94. The predicted molar refractivity (Wildman–Crippen MR) is 101 cm³/mol. The highest BCUT2D eigenvalue weighted by Crippen LogP contribution is 2.37. The number of benzene rings is 3. The van der Waals surface area contributed by atoms with E-state index in [0.717, 1.165) is 21.0 Å². The van der Waals surface area contributed by atoms with Crippen LogP contribution in [-0.2, 0) is 21.2 Å². The van der Waals surface area contributed by atoms with Crippen LogP contribution >= 0.6 is 0 Å². The van der Waals surface area contributed by atoms with Crippen molar-refractivity contribution in [3.05, 3.63) is 83.9 Å². The lowest BCUT2D eigenvalue weighted by molar-refractivity contribution is -0.116. The quantitative estimate of drug-likeness (QED) is 0.708. The summed E-state index contributed by atoms with van der Waals surface area (Å²) in [6.07, 6.45) is 0.0991. The smallest absolute Gasteiger partial charge is 0.271 e. The second kappa shape index (κ2) is 6.11. The monoisotopic (exact) mass is 363 g/mol. The Morgan fingerprint density at radius 1 is 0.885 bits per heavy atom. The summed E-state index contributed by atoms with van der Waals surface area (Å²) in [5, 5.41) is 0. The van der Waals surface area contributed by atoms with Crippen molar-refractivity contribution < 1.29 is 13.2 Å². The highest BCUT2D eigenvalue weighted by atomic mass is 32.2. The minimum absolute atomic E-state index is 0.0991. The standard InChI is InChI=1S/C21H17NO3S/c1-15-11-12-20(18(13-15)16-7-3-2-4-8-16)26(24,25)22-19-10-6-5-9-17(19)14-21(22)23/h2-13H,14H2,1H3. The van der Waals surface area contributed by atoms with Crippen molar-refractivity contribution in [3.63, 3.8) is 0 Å². The van der Waals surface area contributed by atoms with Gasteiger partial charge in [0, 0.05) is 5.56 Å². The molecule has 0 aromatic heterocycles. The van der Waals surface area contributed by atoms with Crippen LogP contribution in [0.1, 0.15) is 11.1 Å². The molecule has 1 aliphatic rings. The van der Waals surface area contributed by atoms with Crippen LogP contribution in [0.5, 0.6) is 0 Å². The molecule has 1 amide bonds. The maximum atomic E-state index is 13.4. The van der Waals surface area contributed by atoms with Gasteiger partial charge in [-0.2, -0.15) is 0 Å². The average molecular weight is 363 g/mol. The minimum Gasteiger partial charge on any atom is -0.273 e. The first-order valence-corrected chi connectivity index (χ1v) is 9.74. The van der Waals surface area contributed by atoms with Gasteiger partial charge >= 0.3 is 0 Å². The number of hydrogen-bond donors (Lipinski definition) is 0. The molecule has 0 fully saturated rings. The lowest BCUT2D eigenvalue weighted by atomic mass is 10.0. The van der Waals surface area contributed by atoms with Crippen molar-refractivity contribution in [1.29, 1.82) is 0 Å². The molecule has 0 bridgehead atoms. The number of sulfonamides is 1. The summed E-state index contributed by atoms with van der Waals surface area (Å²) in [6.45, 7) is 1.92. The van der Waals surface area contributed by atoms with Gasteiger partial charge in [0.2, 0.25) is 5.91 Å². The van der Waals surface area contributed by atoms with Gasteiger partial charge in [-0.05, 0) is 30.2 Å². The third-order valence-electron chi connectivity index (χ3n) is 4.52. The van der Waals surface area contributed by atoms with E-state index in [-0.39, 0.29) is 11.3 Å². The Labute approximate surface area is 152 Å². The van der Waals surface area contributed by atoms with E-state index in [4.69, 9.17) is 0 Å². The van der Waals surface area contributed by atoms with Crippen LogP contribution in [-0.4, -0.2) is 14.3 Å². The van der Waals surface area contributed by atoms with Crippen LogP contribution in [0, 0.1) is 6.92 Å². The Balaban J connectivity index is 1.92. The molecule has 130 valence electrons. The summed E-state index contributed by atoms with van der Waals surface area (Å²) >= 11 is 0. The second-order valence-corrected chi connectivity index (χ2v) is 8.09. The molecule has 3 aromatic carbocycles. The lowest BCUT2D eigenvalue weighted by Gasteiger charge is -2.20. The maximum absolute atomic E-state index is 13.4. The van der Waals surface area contributed by atoms with Gasteiger partial charge in [-0.1, -0.05) is 66.2 Å². The molecule has 0 N–H and O–H groups in total. The molecule has 26 heavy (non-hydrogen) atoms. The molecule has 0 aliphatic carbocycles. The number of anilines is 1. The molecule has 0 unspecified atom stereocenters. The number of hydrogen-bond acceptors (Lipinski definition) is 3. The highest BCUT2D eigenvalue weighted by molar-refractivity contribution is 7.93. The van der Waals surface area contributed by atoms with Crippen LogP contribution in [0.2, 0.25) is 0 Å². The number of nitrogens with zero attached hydrogens (tertiary/aromatic N) is 1. The van der Waals surface area contributed by atoms with Gasteiger partial charge in [0.15, 0.2) is 0 Å². The molecule has 1 aliphatic heterocycles. The summed E-state index contributed by atoms with van der Waals surface area (Å²) in [6, 6.07) is 21.5. The van der Waals surface area contributed by atoms with E-state index >= 15 is 0 Å². The average Bonchev–Trinajstić information content (AvgIpc) is 2.98. The van der Waals surface area contributed by atoms with Crippen LogP contribution < -0.4 is 4.31 Å². The topological polar surface area (TPSA) is 54.5 Å². The molecular weight excluding hydrogens is 346 g/mol. The molecule has 4 rings (SSSR count). The maximum Gasteiger partial charge on any atom is 0.271 e. The largest absolute Gasteiger partial charge is 0.273 e. The van der Waals surface area contributed by atoms with Gasteiger partial charge in [0.25, 0.3) is 10.0 Å². The van der Waals surface area contributed by atoms with E-state index in [1.807, 2.05) is 49.4 Å². The van der Waals surface area contributed by atoms with Crippen molar-refractivity contribution in [3.8, 4) is 11.1 Å². The first-order chi connectivity index (χ1) is 12.5. The van der Waals surface area contributed by atoms with E-state index in [1.54, 1.807) is 30.3 Å². The Hall–Kier alpha value is -2.92. The molecule has 5 heteroatoms. The SMILES string of the molecule is Cc1ccc(S(=O)(=O)N2C(=O)Cc3ccccc32)c(-c2ccccc2)c1. The zero-order valence-corrected chi connectivity index (χ0v) is 15.0. The molecule has 0 radical (unpaired) electrons. The van der Waals surface area contributed by atoms with Crippen LogP contribution in [0.4, 0.5) is 5.69 Å². The molecule has 0 saturated carbocycles. The number of para-hydroxylation sites is 1. The van der Waals surface area contributed by atoms with E-state index in [2.05, 4.69) is 0 Å². The van der Waals surface area contributed by atoms with Gasteiger partial charge in [-0.3, -0.25) is 4.79 Å². The first kappa shape index (κ1) is 16.5. The summed E-state index contributed by atoms with van der Waals surface area (Å²) < 4.78 is 27.8. The zero-order chi connectivity index (χ0) is 18.3. The highest BCUT2D eigenvalue weighted by Gasteiger charge is 2.38. The van der Waals surface area contributed by atoms with E-state index in [1.165, 1.54) is 0 Å². The van der Waals surface area contributed by atoms with E-state index < -0.39 is 15.9 Å². The van der Waals surface area contributed by atoms with Crippen molar-refractivity contribution in [1.82, 2.24) is 0 Å². The Morgan fingerprint density at radius 2 is 1.58 bits per heavy atom. The molecular formula is C21H17NO3S. The fraction of sp³-hybridized carbons (Fsp3) is 0.0952. The second-order valence-electron chi connectivity index (χ2n) is 6.33. The van der Waals surface area contributed by atoms with Crippen molar-refractivity contribution in [2.75, 3.05) is 4.31 Å². The Bertz CT molecular complexity index is 1110. The molecule has 0 saturated heterocycles. The fourth-order valence-electron chi connectivity index (χ4n) is 3.30. The van der Waals surface area contributed by atoms with E-state index in [9.17, 15) is 13.2 Å². The zero-order valence-electron chi connectivity index (χ0n) is 14.2. The Kier molecular flexibility index (Phi) is 3.89. The van der Waals surface area contributed by atoms with Crippen LogP contribution in [0.15, 0.2) is 77.7 Å². The number of carbonyl (C=O) groups is 1. The summed E-state index contributed by atoms with van der Waals surface area (Å²) in [4.78, 5) is 12.7. The normalized spacial score (nSPS) is 13.7. The fourth-order valence-corrected chi connectivity index (χ4v) is 4.96. The van der Waals surface area contributed by atoms with Crippen molar-refractivity contribution in [2.24, 2.45) is 0 Å². The lowest BCUT2D eigenvalue weighted by Crippen LogP contribution is -2.34. The van der Waals surface area contributed by atoms with Gasteiger partial charge in [-0.15, -0.1) is 0 Å². The minimum atomic E-state index is -4.01. The third-order valence-corrected chi connectivity index (χ3v) is 6.31. The first-order valence-electron chi connectivity index (χ1n) is 8.30. The number of aryl methyl sites for hydroxylation is 1. The van der Waals surface area contributed by atoms with Crippen LogP contribution in [0.25, 0.3) is 11.1 Å². The molecule has 0 spiro atoms. The molecule has 3 aromatic rings. The number of carbonyl (C=O) groups excluding carboxylic acids is 1. The number of amides is 1. The van der Waals surface area contributed by atoms with Gasteiger partial charge in [-0.25, -0.2) is 12.7 Å². The number of rotatable bonds is 3. The summed E-state index contributed by atoms with van der Waals surface area (Å²) in [5.41, 5.74) is 3.53. The summed E-state index contributed by atoms with van der Waals surface area (Å²) in [7, 11) is -4.01. The van der Waals surface area contributed by atoms with Gasteiger partial charge < -0.3 is 0 Å². The molecule has 0 atom stereocenters. The van der Waals surface area contributed by atoms with Crippen LogP contribution in [0.3, 0.4) is 0 Å². The van der Waals surface area contributed by atoms with Crippen molar-refractivity contribution >= 4 is 21.6 Å². The number of fused-ring (bicyclic) bond motifs is 1. The molecule has 1 heterocycles. The Morgan fingerprint density at radius 3 is 2.35 bits per heavy atom. The van der Waals surface area contributed by atoms with Crippen molar-refractivity contribution in [2.45, 2.75) is 18.2 Å².